The molecule has 1 aromatic heterocycles. The summed E-state index contributed by atoms with van der Waals surface area (Å²) in [6.45, 7) is 3.54. The molecule has 6 nitrogen and oxygen atoms in total. The summed E-state index contributed by atoms with van der Waals surface area (Å²) in [7, 11) is 3.64. The number of rotatable bonds is 7. The third kappa shape index (κ3) is 5.51. The average molecular weight is 419 g/mol. The number of carbonyl (C=O) groups is 1. The minimum absolute atomic E-state index is 0. The Kier molecular flexibility index (Phi) is 8.24. The lowest BCUT2D eigenvalue weighted by molar-refractivity contribution is 0.0796. The maximum Gasteiger partial charge on any atom is 0.253 e. The van der Waals surface area contributed by atoms with Gasteiger partial charge in [-0.25, -0.2) is 0 Å². The molecule has 0 aliphatic heterocycles. The molecule has 0 atom stereocenters. The van der Waals surface area contributed by atoms with Crippen LogP contribution in [-0.2, 0) is 6.61 Å². The first kappa shape index (κ1) is 20.5. The lowest BCUT2D eigenvalue weighted by Crippen LogP contribution is -2.32. The number of amides is 1. The van der Waals surface area contributed by atoms with Crippen LogP contribution in [-0.4, -0.2) is 43.1 Å². The van der Waals surface area contributed by atoms with E-state index in [0.29, 0.717) is 23.6 Å². The first-order valence-corrected chi connectivity index (χ1v) is 8.05. The molecular formula is C16H21BrClN3O3. The summed E-state index contributed by atoms with van der Waals surface area (Å²) in [5.41, 5.74) is 1.42. The van der Waals surface area contributed by atoms with Gasteiger partial charge < -0.3 is 19.5 Å². The van der Waals surface area contributed by atoms with Crippen molar-refractivity contribution in [3.05, 3.63) is 45.8 Å². The Morgan fingerprint density at radius 3 is 2.75 bits per heavy atom. The first-order valence-electron chi connectivity index (χ1n) is 7.26. The number of ether oxygens (including phenoxy) is 1. The molecule has 24 heavy (non-hydrogen) atoms. The summed E-state index contributed by atoms with van der Waals surface area (Å²) in [5, 5.41) is 6.83. The van der Waals surface area contributed by atoms with Crippen molar-refractivity contribution >= 4 is 34.2 Å². The fourth-order valence-electron chi connectivity index (χ4n) is 1.99. The SMILES string of the molecule is CNCCN(C)C(=O)c1ccc(OCc2cc(C)no2)c(Br)c1.Cl. The van der Waals surface area contributed by atoms with Gasteiger partial charge in [0.1, 0.15) is 12.4 Å². The second-order valence-corrected chi connectivity index (χ2v) is 6.05. The van der Waals surface area contributed by atoms with Gasteiger partial charge in [0.2, 0.25) is 0 Å². The molecule has 8 heteroatoms. The molecule has 0 aliphatic rings. The van der Waals surface area contributed by atoms with Crippen LogP contribution in [0, 0.1) is 6.92 Å². The van der Waals surface area contributed by atoms with E-state index in [2.05, 4.69) is 26.4 Å². The minimum atomic E-state index is -0.0293. The van der Waals surface area contributed by atoms with Crippen molar-refractivity contribution in [1.29, 1.82) is 0 Å². The number of aryl methyl sites for hydroxylation is 1. The minimum Gasteiger partial charge on any atom is -0.484 e. The Morgan fingerprint density at radius 2 is 2.17 bits per heavy atom. The Bertz CT molecular complexity index is 678. The normalized spacial score (nSPS) is 10.2. The van der Waals surface area contributed by atoms with Crippen molar-refractivity contribution in [2.75, 3.05) is 27.2 Å². The number of hydrogen-bond acceptors (Lipinski definition) is 5. The lowest BCUT2D eigenvalue weighted by atomic mass is 10.2. The van der Waals surface area contributed by atoms with Gasteiger partial charge in [-0.2, -0.15) is 0 Å². The summed E-state index contributed by atoms with van der Waals surface area (Å²) in [4.78, 5) is 14.0. The summed E-state index contributed by atoms with van der Waals surface area (Å²) >= 11 is 3.44. The third-order valence-electron chi connectivity index (χ3n) is 3.27. The molecule has 1 aromatic carbocycles. The van der Waals surface area contributed by atoms with Gasteiger partial charge in [-0.15, -0.1) is 12.4 Å². The second kappa shape index (κ2) is 9.66. The van der Waals surface area contributed by atoms with E-state index in [1.54, 1.807) is 30.1 Å². The molecule has 0 unspecified atom stereocenters. The number of benzene rings is 1. The zero-order valence-electron chi connectivity index (χ0n) is 13.8. The lowest BCUT2D eigenvalue weighted by Gasteiger charge is -2.17. The molecule has 0 saturated carbocycles. The Morgan fingerprint density at radius 1 is 1.42 bits per heavy atom. The molecule has 0 saturated heterocycles. The molecule has 132 valence electrons. The Hall–Kier alpha value is -1.57. The van der Waals surface area contributed by atoms with E-state index in [0.717, 1.165) is 16.7 Å². The van der Waals surface area contributed by atoms with Gasteiger partial charge in [0, 0.05) is 31.8 Å². The summed E-state index contributed by atoms with van der Waals surface area (Å²) in [6.07, 6.45) is 0. The molecule has 0 fully saturated rings. The van der Waals surface area contributed by atoms with Crippen molar-refractivity contribution in [1.82, 2.24) is 15.4 Å². The first-order chi connectivity index (χ1) is 11.0. The van der Waals surface area contributed by atoms with Crippen LogP contribution in [0.1, 0.15) is 21.8 Å². The fourth-order valence-corrected chi connectivity index (χ4v) is 2.48. The van der Waals surface area contributed by atoms with E-state index < -0.39 is 0 Å². The Balaban J connectivity index is 0.00000288. The molecule has 2 aromatic rings. The summed E-state index contributed by atoms with van der Waals surface area (Å²) in [6, 6.07) is 7.11. The highest BCUT2D eigenvalue weighted by molar-refractivity contribution is 9.10. The number of nitrogens with zero attached hydrogens (tertiary/aromatic N) is 2. The van der Waals surface area contributed by atoms with E-state index in [4.69, 9.17) is 9.26 Å². The summed E-state index contributed by atoms with van der Waals surface area (Å²) in [5.74, 6) is 1.27. The fraction of sp³-hybridized carbons (Fsp3) is 0.375. The second-order valence-electron chi connectivity index (χ2n) is 5.20. The molecule has 1 heterocycles. The van der Waals surface area contributed by atoms with Crippen LogP contribution in [0.4, 0.5) is 0 Å². The van der Waals surface area contributed by atoms with Crippen LogP contribution in [0.5, 0.6) is 5.75 Å². The van der Waals surface area contributed by atoms with Crippen LogP contribution >= 0.6 is 28.3 Å². The van der Waals surface area contributed by atoms with Gasteiger partial charge in [-0.3, -0.25) is 4.79 Å². The van der Waals surface area contributed by atoms with E-state index in [1.165, 1.54) is 0 Å². The maximum absolute atomic E-state index is 12.3. The number of carbonyl (C=O) groups excluding carboxylic acids is 1. The predicted octanol–water partition coefficient (Wildman–Crippen LogP) is 3.04. The van der Waals surface area contributed by atoms with Gasteiger partial charge in [0.15, 0.2) is 5.76 Å². The number of aromatic nitrogens is 1. The number of nitrogens with one attached hydrogen (secondary N) is 1. The van der Waals surface area contributed by atoms with Crippen molar-refractivity contribution < 1.29 is 14.1 Å². The highest BCUT2D eigenvalue weighted by Gasteiger charge is 2.13. The predicted molar refractivity (Wildman–Crippen MR) is 97.8 cm³/mol. The van der Waals surface area contributed by atoms with E-state index in [9.17, 15) is 4.79 Å². The van der Waals surface area contributed by atoms with Crippen LogP contribution < -0.4 is 10.1 Å². The molecular weight excluding hydrogens is 398 g/mol. The average Bonchev–Trinajstić information content (AvgIpc) is 2.96. The van der Waals surface area contributed by atoms with Gasteiger partial charge in [0.25, 0.3) is 5.91 Å². The highest BCUT2D eigenvalue weighted by atomic mass is 79.9. The van der Waals surface area contributed by atoms with Crippen LogP contribution in [0.25, 0.3) is 0 Å². The Labute approximate surface area is 156 Å². The van der Waals surface area contributed by atoms with Crippen LogP contribution in [0.15, 0.2) is 33.3 Å². The largest absolute Gasteiger partial charge is 0.484 e. The zero-order valence-corrected chi connectivity index (χ0v) is 16.2. The quantitative estimate of drug-likeness (QED) is 0.748. The standard InChI is InChI=1S/C16H20BrN3O3.ClH/c1-11-8-13(23-19-11)10-22-15-5-4-12(9-14(15)17)16(21)20(3)7-6-18-2;/h4-5,8-9,18H,6-7,10H2,1-3H3;1H. The van der Waals surface area contributed by atoms with Crippen molar-refractivity contribution in [3.63, 3.8) is 0 Å². The van der Waals surface area contributed by atoms with Gasteiger partial charge in [-0.05, 0) is 48.1 Å². The number of halogens is 2. The van der Waals surface area contributed by atoms with Crippen LogP contribution in [0.2, 0.25) is 0 Å². The number of hydrogen-bond donors (Lipinski definition) is 1. The highest BCUT2D eigenvalue weighted by Crippen LogP contribution is 2.27. The van der Waals surface area contributed by atoms with E-state index in [1.807, 2.05) is 20.0 Å². The van der Waals surface area contributed by atoms with Gasteiger partial charge in [0.05, 0.1) is 10.2 Å². The smallest absolute Gasteiger partial charge is 0.253 e. The van der Waals surface area contributed by atoms with Crippen molar-refractivity contribution in [2.24, 2.45) is 0 Å². The van der Waals surface area contributed by atoms with Gasteiger partial charge in [-0.1, -0.05) is 5.16 Å². The topological polar surface area (TPSA) is 67.6 Å². The molecule has 1 amide bonds. The van der Waals surface area contributed by atoms with Crippen molar-refractivity contribution in [2.45, 2.75) is 13.5 Å². The zero-order chi connectivity index (χ0) is 16.8. The summed E-state index contributed by atoms with van der Waals surface area (Å²) < 4.78 is 11.5. The monoisotopic (exact) mass is 417 g/mol. The molecule has 0 bridgehead atoms. The van der Waals surface area contributed by atoms with Gasteiger partial charge >= 0.3 is 0 Å². The number of likely N-dealkylation sites (N-methyl/N-ethyl adjacent to an activating group) is 2. The molecule has 0 spiro atoms. The maximum atomic E-state index is 12.3. The van der Waals surface area contributed by atoms with Crippen LogP contribution in [0.3, 0.4) is 0 Å². The molecule has 0 radical (unpaired) electrons. The molecule has 2 rings (SSSR count). The molecule has 1 N–H and O–H groups in total. The third-order valence-corrected chi connectivity index (χ3v) is 3.89. The molecule has 0 aliphatic carbocycles. The van der Waals surface area contributed by atoms with E-state index in [-0.39, 0.29) is 24.9 Å². The van der Waals surface area contributed by atoms with E-state index >= 15 is 0 Å². The van der Waals surface area contributed by atoms with Crippen molar-refractivity contribution in [3.8, 4) is 5.75 Å².